The van der Waals surface area contributed by atoms with Crippen molar-refractivity contribution in [3.05, 3.63) is 57.5 Å². The van der Waals surface area contributed by atoms with Crippen molar-refractivity contribution in [3.8, 4) is 0 Å². The van der Waals surface area contributed by atoms with E-state index in [-0.39, 0.29) is 17.8 Å². The maximum atomic E-state index is 13.0. The topological polar surface area (TPSA) is 29.1 Å². The Kier molecular flexibility index (Phi) is 3.77. The first kappa shape index (κ1) is 12.8. The predicted molar refractivity (Wildman–Crippen MR) is 71.3 cm³/mol. The summed E-state index contributed by atoms with van der Waals surface area (Å²) in [5, 5.41) is 6.88. The van der Waals surface area contributed by atoms with Crippen LogP contribution in [0.5, 0.6) is 0 Å². The van der Waals surface area contributed by atoms with Crippen molar-refractivity contribution < 1.29 is 9.18 Å². The van der Waals surface area contributed by atoms with Crippen LogP contribution in [0.1, 0.15) is 34.5 Å². The molecule has 1 N–H and O–H groups in total. The highest BCUT2D eigenvalue weighted by Gasteiger charge is 2.13. The molecule has 94 valence electrons. The predicted octanol–water partition coefficient (Wildman–Crippen LogP) is 3.69. The lowest BCUT2D eigenvalue weighted by molar-refractivity contribution is 0.0939. The minimum atomic E-state index is -0.324. The van der Waals surface area contributed by atoms with E-state index in [0.717, 1.165) is 5.56 Å². The molecule has 1 amide bonds. The van der Waals surface area contributed by atoms with E-state index in [9.17, 15) is 9.18 Å². The minimum Gasteiger partial charge on any atom is -0.345 e. The molecule has 0 aliphatic carbocycles. The van der Waals surface area contributed by atoms with Gasteiger partial charge in [-0.05, 0) is 60.0 Å². The number of thiophene rings is 1. The van der Waals surface area contributed by atoms with Crippen molar-refractivity contribution in [1.29, 1.82) is 0 Å². The fourth-order valence-corrected chi connectivity index (χ4v) is 2.52. The van der Waals surface area contributed by atoms with Crippen molar-refractivity contribution in [2.75, 3.05) is 0 Å². The first-order valence-corrected chi connectivity index (χ1v) is 6.61. The zero-order valence-corrected chi connectivity index (χ0v) is 11.1. The number of carbonyl (C=O) groups excluding carboxylic acids is 1. The van der Waals surface area contributed by atoms with E-state index in [4.69, 9.17) is 0 Å². The van der Waals surface area contributed by atoms with Crippen LogP contribution in [0.3, 0.4) is 0 Å². The van der Waals surface area contributed by atoms with Crippen LogP contribution < -0.4 is 5.32 Å². The monoisotopic (exact) mass is 263 g/mol. The normalized spacial score (nSPS) is 12.2. The van der Waals surface area contributed by atoms with Gasteiger partial charge in [0.2, 0.25) is 0 Å². The Bertz CT molecular complexity index is 551. The number of amides is 1. The molecule has 2 rings (SSSR count). The van der Waals surface area contributed by atoms with E-state index in [1.54, 1.807) is 18.3 Å². The molecule has 2 aromatic rings. The van der Waals surface area contributed by atoms with E-state index >= 15 is 0 Å². The summed E-state index contributed by atoms with van der Waals surface area (Å²) in [7, 11) is 0. The number of hydrogen-bond donors (Lipinski definition) is 1. The number of nitrogens with one attached hydrogen (secondary N) is 1. The van der Waals surface area contributed by atoms with Crippen LogP contribution in [0, 0.1) is 12.7 Å². The Morgan fingerprint density at radius 1 is 1.39 bits per heavy atom. The SMILES string of the molecule is Cc1cc(F)ccc1C(=O)NC(C)c1ccsc1. The van der Waals surface area contributed by atoms with Crippen molar-refractivity contribution in [1.82, 2.24) is 5.32 Å². The molecule has 0 fully saturated rings. The molecule has 0 spiro atoms. The molecular weight excluding hydrogens is 249 g/mol. The summed E-state index contributed by atoms with van der Waals surface area (Å²) in [5.41, 5.74) is 2.23. The molecule has 1 unspecified atom stereocenters. The summed E-state index contributed by atoms with van der Waals surface area (Å²) in [5.74, 6) is -0.499. The molecular formula is C14H14FNOS. The molecule has 1 atom stereocenters. The number of halogens is 1. The Morgan fingerprint density at radius 2 is 2.17 bits per heavy atom. The van der Waals surface area contributed by atoms with Gasteiger partial charge in [0, 0.05) is 5.56 Å². The first-order chi connectivity index (χ1) is 8.58. The van der Waals surface area contributed by atoms with Gasteiger partial charge in [0.1, 0.15) is 5.82 Å². The van der Waals surface area contributed by atoms with Crippen LogP contribution in [0.25, 0.3) is 0 Å². The third-order valence-electron chi connectivity index (χ3n) is 2.82. The number of benzene rings is 1. The van der Waals surface area contributed by atoms with E-state index in [2.05, 4.69) is 5.32 Å². The van der Waals surface area contributed by atoms with Gasteiger partial charge in [-0.2, -0.15) is 11.3 Å². The van der Waals surface area contributed by atoms with Gasteiger partial charge in [-0.1, -0.05) is 0 Å². The summed E-state index contributed by atoms with van der Waals surface area (Å²) in [6, 6.07) is 6.11. The Balaban J connectivity index is 2.12. The molecule has 1 aromatic carbocycles. The summed E-state index contributed by atoms with van der Waals surface area (Å²) in [6.45, 7) is 3.66. The second-order valence-electron chi connectivity index (χ2n) is 4.21. The summed E-state index contributed by atoms with van der Waals surface area (Å²) in [4.78, 5) is 12.1. The molecule has 18 heavy (non-hydrogen) atoms. The van der Waals surface area contributed by atoms with E-state index < -0.39 is 0 Å². The van der Waals surface area contributed by atoms with Crippen molar-refractivity contribution >= 4 is 17.2 Å². The molecule has 1 heterocycles. The average molecular weight is 263 g/mol. The highest BCUT2D eigenvalue weighted by molar-refractivity contribution is 7.07. The molecule has 4 heteroatoms. The number of rotatable bonds is 3. The highest BCUT2D eigenvalue weighted by atomic mass is 32.1. The Labute approximate surface area is 109 Å². The molecule has 0 saturated heterocycles. The van der Waals surface area contributed by atoms with Gasteiger partial charge < -0.3 is 5.32 Å². The molecule has 0 saturated carbocycles. The largest absolute Gasteiger partial charge is 0.345 e. The zero-order valence-electron chi connectivity index (χ0n) is 10.2. The van der Waals surface area contributed by atoms with Crippen molar-refractivity contribution in [2.45, 2.75) is 19.9 Å². The smallest absolute Gasteiger partial charge is 0.252 e. The minimum absolute atomic E-state index is 0.0480. The summed E-state index contributed by atoms with van der Waals surface area (Å²) >= 11 is 1.60. The second-order valence-corrected chi connectivity index (χ2v) is 4.99. The third kappa shape index (κ3) is 2.76. The van der Waals surface area contributed by atoms with E-state index in [1.807, 2.05) is 23.8 Å². The lowest BCUT2D eigenvalue weighted by atomic mass is 10.1. The molecule has 0 aliphatic rings. The zero-order chi connectivity index (χ0) is 13.1. The maximum Gasteiger partial charge on any atom is 0.252 e. The number of hydrogen-bond acceptors (Lipinski definition) is 2. The van der Waals surface area contributed by atoms with Gasteiger partial charge >= 0.3 is 0 Å². The first-order valence-electron chi connectivity index (χ1n) is 5.67. The second kappa shape index (κ2) is 5.31. The molecule has 0 bridgehead atoms. The number of carbonyl (C=O) groups is 1. The van der Waals surface area contributed by atoms with Crippen molar-refractivity contribution in [2.24, 2.45) is 0 Å². The fraction of sp³-hybridized carbons (Fsp3) is 0.214. The van der Waals surface area contributed by atoms with E-state index in [0.29, 0.717) is 11.1 Å². The quantitative estimate of drug-likeness (QED) is 0.899. The molecule has 0 radical (unpaired) electrons. The Morgan fingerprint density at radius 3 is 2.78 bits per heavy atom. The van der Waals surface area contributed by atoms with Crippen LogP contribution in [0.4, 0.5) is 4.39 Å². The summed E-state index contributed by atoms with van der Waals surface area (Å²) in [6.07, 6.45) is 0. The molecule has 1 aromatic heterocycles. The van der Waals surface area contributed by atoms with Crippen LogP contribution in [-0.2, 0) is 0 Å². The number of aryl methyl sites for hydroxylation is 1. The van der Waals surface area contributed by atoms with Gasteiger partial charge in [-0.25, -0.2) is 4.39 Å². The van der Waals surface area contributed by atoms with Crippen LogP contribution in [0.2, 0.25) is 0 Å². The van der Waals surface area contributed by atoms with Gasteiger partial charge in [0.05, 0.1) is 6.04 Å². The fourth-order valence-electron chi connectivity index (χ4n) is 1.76. The van der Waals surface area contributed by atoms with Gasteiger partial charge in [-0.15, -0.1) is 0 Å². The van der Waals surface area contributed by atoms with E-state index in [1.165, 1.54) is 18.2 Å². The molecule has 2 nitrogen and oxygen atoms in total. The lowest BCUT2D eigenvalue weighted by Crippen LogP contribution is -2.27. The molecule has 0 aliphatic heterocycles. The third-order valence-corrected chi connectivity index (χ3v) is 3.53. The van der Waals surface area contributed by atoms with Gasteiger partial charge in [0.15, 0.2) is 0 Å². The Hall–Kier alpha value is -1.68. The standard InChI is InChI=1S/C14H14FNOS/c1-9-7-12(15)3-4-13(9)14(17)16-10(2)11-5-6-18-8-11/h3-8,10H,1-2H3,(H,16,17). The lowest BCUT2D eigenvalue weighted by Gasteiger charge is -2.13. The summed E-state index contributed by atoms with van der Waals surface area (Å²) < 4.78 is 13.0. The van der Waals surface area contributed by atoms with Gasteiger partial charge in [-0.3, -0.25) is 4.79 Å². The van der Waals surface area contributed by atoms with Crippen LogP contribution >= 0.6 is 11.3 Å². The van der Waals surface area contributed by atoms with Crippen LogP contribution in [0.15, 0.2) is 35.0 Å². The van der Waals surface area contributed by atoms with Crippen molar-refractivity contribution in [3.63, 3.8) is 0 Å². The average Bonchev–Trinajstić information content (AvgIpc) is 2.81. The van der Waals surface area contributed by atoms with Gasteiger partial charge in [0.25, 0.3) is 5.91 Å². The maximum absolute atomic E-state index is 13.0. The van der Waals surface area contributed by atoms with Crippen LogP contribution in [-0.4, -0.2) is 5.91 Å². The highest BCUT2D eigenvalue weighted by Crippen LogP contribution is 2.17.